The van der Waals surface area contributed by atoms with Crippen LogP contribution in [0.5, 0.6) is 11.5 Å². The van der Waals surface area contributed by atoms with Gasteiger partial charge in [0.25, 0.3) is 0 Å². The van der Waals surface area contributed by atoms with E-state index in [1.807, 2.05) is 0 Å². The highest BCUT2D eigenvalue weighted by atomic mass is 79.9. The number of hydrogen-bond donors (Lipinski definition) is 2. The quantitative estimate of drug-likeness (QED) is 0.891. The van der Waals surface area contributed by atoms with Crippen LogP contribution < -0.4 is 10.5 Å². The second-order valence-electron chi connectivity index (χ2n) is 3.20. The fourth-order valence-corrected chi connectivity index (χ4v) is 2.03. The summed E-state index contributed by atoms with van der Waals surface area (Å²) in [5.74, 6) is -0.995. The highest BCUT2D eigenvalue weighted by Crippen LogP contribution is 2.45. The maximum absolute atomic E-state index is 13.8. The maximum Gasteiger partial charge on any atom is 0.230 e. The van der Waals surface area contributed by atoms with Gasteiger partial charge in [0.05, 0.1) is 28.9 Å². The highest BCUT2D eigenvalue weighted by Gasteiger charge is 2.22. The molecule has 0 atom stereocenters. The molecule has 90 valence electrons. The molecule has 0 aliphatic carbocycles. The number of phenolic OH excluding ortho intramolecular Hbond substituents is 1. The van der Waals surface area contributed by atoms with E-state index in [0.717, 1.165) is 0 Å². The normalized spacial score (nSPS) is 10.5. The first-order chi connectivity index (χ1) is 8.06. The molecule has 0 aliphatic heterocycles. The topological polar surface area (TPSA) is 81.5 Å². The number of rotatable bonds is 2. The smallest absolute Gasteiger partial charge is 0.230 e. The molecule has 0 amide bonds. The molecule has 0 fully saturated rings. The van der Waals surface area contributed by atoms with Gasteiger partial charge in [0.15, 0.2) is 11.5 Å². The first-order valence-corrected chi connectivity index (χ1v) is 5.31. The van der Waals surface area contributed by atoms with Crippen molar-refractivity contribution < 1.29 is 18.8 Å². The number of benzene rings is 1. The van der Waals surface area contributed by atoms with Crippen LogP contribution >= 0.6 is 15.9 Å². The van der Waals surface area contributed by atoms with Gasteiger partial charge in [-0.15, -0.1) is 0 Å². The van der Waals surface area contributed by atoms with Crippen LogP contribution in [0.4, 0.5) is 10.3 Å². The van der Waals surface area contributed by atoms with E-state index < -0.39 is 5.82 Å². The third-order valence-corrected chi connectivity index (χ3v) is 2.82. The van der Waals surface area contributed by atoms with Gasteiger partial charge in [0.1, 0.15) is 5.82 Å². The molecular weight excluding hydrogens is 295 g/mol. The molecule has 0 saturated heterocycles. The highest BCUT2D eigenvalue weighted by molar-refractivity contribution is 9.10. The number of aromatic hydroxyl groups is 1. The van der Waals surface area contributed by atoms with Crippen LogP contribution in [0.2, 0.25) is 0 Å². The molecule has 0 unspecified atom stereocenters. The Morgan fingerprint density at radius 3 is 2.82 bits per heavy atom. The Morgan fingerprint density at radius 2 is 2.29 bits per heavy atom. The van der Waals surface area contributed by atoms with Crippen molar-refractivity contribution in [2.24, 2.45) is 0 Å². The zero-order valence-electron chi connectivity index (χ0n) is 8.70. The molecule has 0 saturated carbocycles. The number of nitrogens with zero attached hydrogens (tertiary/aromatic N) is 1. The second kappa shape index (κ2) is 4.25. The van der Waals surface area contributed by atoms with Gasteiger partial charge in [0.2, 0.25) is 5.88 Å². The van der Waals surface area contributed by atoms with E-state index in [4.69, 9.17) is 10.5 Å². The molecule has 2 rings (SSSR count). The van der Waals surface area contributed by atoms with Crippen LogP contribution in [0.3, 0.4) is 0 Å². The van der Waals surface area contributed by atoms with Gasteiger partial charge >= 0.3 is 0 Å². The number of nitrogen functional groups attached to an aromatic ring is 1. The number of methoxy groups -OCH3 is 1. The Kier molecular flexibility index (Phi) is 2.93. The minimum absolute atomic E-state index is 0.0800. The summed E-state index contributed by atoms with van der Waals surface area (Å²) in [4.78, 5) is 0. The van der Waals surface area contributed by atoms with Crippen molar-refractivity contribution in [2.45, 2.75) is 0 Å². The Hall–Kier alpha value is -1.76. The number of anilines is 1. The predicted octanol–water partition coefficient (Wildman–Crippen LogP) is 2.54. The van der Waals surface area contributed by atoms with E-state index in [1.54, 1.807) is 0 Å². The summed E-state index contributed by atoms with van der Waals surface area (Å²) < 4.78 is 23.7. The van der Waals surface area contributed by atoms with E-state index in [9.17, 15) is 9.50 Å². The molecule has 0 bridgehead atoms. The van der Waals surface area contributed by atoms with Crippen molar-refractivity contribution in [1.82, 2.24) is 5.16 Å². The van der Waals surface area contributed by atoms with Gasteiger partial charge in [0, 0.05) is 0 Å². The lowest BCUT2D eigenvalue weighted by molar-refractivity contribution is 0.370. The summed E-state index contributed by atoms with van der Waals surface area (Å²) in [7, 11) is 1.36. The molecule has 3 N–H and O–H groups in total. The average Bonchev–Trinajstić information content (AvgIpc) is 2.65. The summed E-state index contributed by atoms with van der Waals surface area (Å²) >= 11 is 3.08. The van der Waals surface area contributed by atoms with E-state index in [-0.39, 0.29) is 28.5 Å². The zero-order valence-corrected chi connectivity index (χ0v) is 10.3. The monoisotopic (exact) mass is 302 g/mol. The van der Waals surface area contributed by atoms with Crippen LogP contribution in [0.25, 0.3) is 11.1 Å². The fraction of sp³-hybridized carbons (Fsp3) is 0.100. The molecule has 17 heavy (non-hydrogen) atoms. The van der Waals surface area contributed by atoms with Crippen molar-refractivity contribution in [3.05, 3.63) is 22.6 Å². The lowest BCUT2D eigenvalue weighted by atomic mass is 10.1. The van der Waals surface area contributed by atoms with E-state index in [2.05, 4.69) is 25.6 Å². The van der Waals surface area contributed by atoms with Crippen molar-refractivity contribution >= 4 is 21.8 Å². The van der Waals surface area contributed by atoms with Gasteiger partial charge in [-0.2, -0.15) is 0 Å². The van der Waals surface area contributed by atoms with Crippen LogP contribution in [0.1, 0.15) is 0 Å². The predicted molar refractivity (Wildman–Crippen MR) is 62.2 cm³/mol. The van der Waals surface area contributed by atoms with Crippen molar-refractivity contribution in [1.29, 1.82) is 0 Å². The fourth-order valence-electron chi connectivity index (χ4n) is 1.48. The van der Waals surface area contributed by atoms with Gasteiger partial charge in [-0.05, 0) is 22.0 Å². The van der Waals surface area contributed by atoms with Crippen LogP contribution in [0, 0.1) is 5.82 Å². The minimum Gasteiger partial charge on any atom is -0.504 e. The molecule has 5 nitrogen and oxygen atoms in total. The van der Waals surface area contributed by atoms with Crippen LogP contribution in [-0.4, -0.2) is 17.4 Å². The summed E-state index contributed by atoms with van der Waals surface area (Å²) in [5.41, 5.74) is 5.54. The molecular formula is C10H8BrFN2O3. The first kappa shape index (κ1) is 11.7. The number of hydrogen-bond acceptors (Lipinski definition) is 5. The summed E-state index contributed by atoms with van der Waals surface area (Å²) in [6.07, 6.45) is 1.22. The van der Waals surface area contributed by atoms with E-state index in [1.165, 1.54) is 19.4 Å². The molecule has 0 radical (unpaired) electrons. The number of ether oxygens (including phenoxy) is 1. The minimum atomic E-state index is -0.662. The maximum atomic E-state index is 13.8. The summed E-state index contributed by atoms with van der Waals surface area (Å²) in [5, 5.41) is 13.4. The zero-order chi connectivity index (χ0) is 12.6. The largest absolute Gasteiger partial charge is 0.504 e. The standard InChI is InChI=1S/C10H8BrFN2O3/c1-16-9-5(11)2-6(12)7(8(9)15)4-3-14-17-10(4)13/h2-3,15H,13H2,1H3. The average molecular weight is 303 g/mol. The van der Waals surface area contributed by atoms with Crippen molar-refractivity contribution in [3.63, 3.8) is 0 Å². The lowest BCUT2D eigenvalue weighted by Gasteiger charge is -2.10. The molecule has 0 spiro atoms. The van der Waals surface area contributed by atoms with E-state index in [0.29, 0.717) is 4.47 Å². The van der Waals surface area contributed by atoms with Crippen LogP contribution in [-0.2, 0) is 0 Å². The van der Waals surface area contributed by atoms with Gasteiger partial charge in [-0.3, -0.25) is 0 Å². The van der Waals surface area contributed by atoms with Crippen molar-refractivity contribution in [3.8, 4) is 22.6 Å². The van der Waals surface area contributed by atoms with Crippen LogP contribution in [0.15, 0.2) is 21.3 Å². The third-order valence-electron chi connectivity index (χ3n) is 2.23. The molecule has 2 aromatic rings. The Bertz CT molecular complexity index is 571. The second-order valence-corrected chi connectivity index (χ2v) is 4.06. The Balaban J connectivity index is 2.74. The Labute approximate surface area is 104 Å². The van der Waals surface area contributed by atoms with Crippen molar-refractivity contribution in [2.75, 3.05) is 12.8 Å². The molecule has 0 aliphatic rings. The number of nitrogens with two attached hydrogens (primary N) is 1. The molecule has 7 heteroatoms. The summed E-state index contributed by atoms with van der Waals surface area (Å²) in [6, 6.07) is 1.17. The molecule has 1 aromatic heterocycles. The number of phenols is 1. The summed E-state index contributed by atoms with van der Waals surface area (Å²) in [6.45, 7) is 0. The molecule has 1 aromatic carbocycles. The SMILES string of the molecule is COc1c(Br)cc(F)c(-c2cnoc2N)c1O. The first-order valence-electron chi connectivity index (χ1n) is 4.51. The van der Waals surface area contributed by atoms with Gasteiger partial charge < -0.3 is 20.1 Å². The third kappa shape index (κ3) is 1.82. The Morgan fingerprint density at radius 1 is 1.59 bits per heavy atom. The van der Waals surface area contributed by atoms with E-state index >= 15 is 0 Å². The van der Waals surface area contributed by atoms with Gasteiger partial charge in [-0.1, -0.05) is 5.16 Å². The molecule has 1 heterocycles. The number of halogens is 2. The lowest BCUT2D eigenvalue weighted by Crippen LogP contribution is -1.93. The van der Waals surface area contributed by atoms with Gasteiger partial charge in [-0.25, -0.2) is 4.39 Å². The number of aromatic nitrogens is 1.